The maximum absolute atomic E-state index is 10.6. The summed E-state index contributed by atoms with van der Waals surface area (Å²) in [4.78, 5) is 10.6. The van der Waals surface area contributed by atoms with E-state index in [1.54, 1.807) is 0 Å². The second-order valence-corrected chi connectivity index (χ2v) is 4.39. The zero-order chi connectivity index (χ0) is 10.7. The van der Waals surface area contributed by atoms with Gasteiger partial charge < -0.3 is 5.11 Å². The SMILES string of the molecule is O=C(O)CCC1(c2ccccc2)CCC1. The normalized spacial score (nSPS) is 18.1. The minimum atomic E-state index is -0.683. The smallest absolute Gasteiger partial charge is 0.303 e. The Hall–Kier alpha value is -1.31. The van der Waals surface area contributed by atoms with E-state index in [-0.39, 0.29) is 11.8 Å². The first-order valence-electron chi connectivity index (χ1n) is 5.50. The van der Waals surface area contributed by atoms with Gasteiger partial charge in [0, 0.05) is 6.42 Å². The fourth-order valence-electron chi connectivity index (χ4n) is 2.42. The van der Waals surface area contributed by atoms with Crippen LogP contribution >= 0.6 is 0 Å². The Morgan fingerprint density at radius 3 is 2.40 bits per heavy atom. The summed E-state index contributed by atoms with van der Waals surface area (Å²) < 4.78 is 0. The summed E-state index contributed by atoms with van der Waals surface area (Å²) in [7, 11) is 0. The molecule has 1 aromatic carbocycles. The molecule has 2 heteroatoms. The lowest BCUT2D eigenvalue weighted by atomic mass is 9.62. The van der Waals surface area contributed by atoms with Gasteiger partial charge in [-0.05, 0) is 30.2 Å². The summed E-state index contributed by atoms with van der Waals surface area (Å²) in [5.74, 6) is -0.683. The molecule has 80 valence electrons. The number of aliphatic carboxylic acids is 1. The predicted octanol–water partition coefficient (Wildman–Crippen LogP) is 2.97. The van der Waals surface area contributed by atoms with E-state index in [2.05, 4.69) is 12.1 Å². The van der Waals surface area contributed by atoms with Crippen LogP contribution in [0.25, 0.3) is 0 Å². The number of hydrogen-bond acceptors (Lipinski definition) is 1. The first kappa shape index (κ1) is 10.2. The molecule has 15 heavy (non-hydrogen) atoms. The summed E-state index contributed by atoms with van der Waals surface area (Å²) in [6, 6.07) is 10.3. The summed E-state index contributed by atoms with van der Waals surface area (Å²) in [6.45, 7) is 0. The van der Waals surface area contributed by atoms with Crippen molar-refractivity contribution in [2.24, 2.45) is 0 Å². The molecule has 0 aliphatic heterocycles. The van der Waals surface area contributed by atoms with Gasteiger partial charge in [0.05, 0.1) is 0 Å². The maximum atomic E-state index is 10.6. The molecule has 1 aliphatic carbocycles. The Labute approximate surface area is 89.9 Å². The molecule has 0 radical (unpaired) electrons. The van der Waals surface area contributed by atoms with E-state index in [1.807, 2.05) is 18.2 Å². The van der Waals surface area contributed by atoms with E-state index in [4.69, 9.17) is 5.11 Å². The topological polar surface area (TPSA) is 37.3 Å². The first-order valence-corrected chi connectivity index (χ1v) is 5.50. The highest BCUT2D eigenvalue weighted by atomic mass is 16.4. The summed E-state index contributed by atoms with van der Waals surface area (Å²) in [5, 5.41) is 8.74. The van der Waals surface area contributed by atoms with Crippen LogP contribution in [-0.4, -0.2) is 11.1 Å². The average Bonchev–Trinajstić information content (AvgIpc) is 2.17. The predicted molar refractivity (Wildman–Crippen MR) is 58.8 cm³/mol. The van der Waals surface area contributed by atoms with Crippen molar-refractivity contribution in [3.63, 3.8) is 0 Å². The average molecular weight is 204 g/mol. The number of carboxylic acid groups (broad SMARTS) is 1. The number of hydrogen-bond donors (Lipinski definition) is 1. The second kappa shape index (κ2) is 4.05. The second-order valence-electron chi connectivity index (χ2n) is 4.39. The lowest BCUT2D eigenvalue weighted by Crippen LogP contribution is -2.34. The highest BCUT2D eigenvalue weighted by molar-refractivity contribution is 5.66. The number of carbonyl (C=O) groups is 1. The first-order chi connectivity index (χ1) is 7.23. The minimum absolute atomic E-state index is 0.166. The van der Waals surface area contributed by atoms with Crippen LogP contribution in [0.2, 0.25) is 0 Å². The summed E-state index contributed by atoms with van der Waals surface area (Å²) in [5.41, 5.74) is 1.48. The van der Waals surface area contributed by atoms with Crippen LogP contribution in [0.15, 0.2) is 30.3 Å². The number of rotatable bonds is 4. The Morgan fingerprint density at radius 1 is 1.27 bits per heavy atom. The summed E-state index contributed by atoms with van der Waals surface area (Å²) in [6.07, 6.45) is 4.59. The van der Waals surface area contributed by atoms with Gasteiger partial charge >= 0.3 is 5.97 Å². The van der Waals surface area contributed by atoms with Crippen molar-refractivity contribution in [1.82, 2.24) is 0 Å². The van der Waals surface area contributed by atoms with Crippen LogP contribution in [0, 0.1) is 0 Å². The highest BCUT2D eigenvalue weighted by Crippen LogP contribution is 2.47. The molecule has 0 heterocycles. The highest BCUT2D eigenvalue weighted by Gasteiger charge is 2.38. The Bertz CT molecular complexity index is 339. The van der Waals surface area contributed by atoms with Crippen LogP contribution in [0.4, 0.5) is 0 Å². The molecule has 1 aliphatic rings. The van der Waals surface area contributed by atoms with Crippen molar-refractivity contribution >= 4 is 5.97 Å². The Balaban J connectivity index is 2.12. The third-order valence-electron chi connectivity index (χ3n) is 3.51. The largest absolute Gasteiger partial charge is 0.481 e. The van der Waals surface area contributed by atoms with E-state index in [0.717, 1.165) is 19.3 Å². The van der Waals surface area contributed by atoms with Gasteiger partial charge in [-0.2, -0.15) is 0 Å². The van der Waals surface area contributed by atoms with E-state index in [9.17, 15) is 4.79 Å². The Kier molecular flexibility index (Phi) is 2.76. The van der Waals surface area contributed by atoms with Gasteiger partial charge in [0.1, 0.15) is 0 Å². The third-order valence-corrected chi connectivity index (χ3v) is 3.51. The lowest BCUT2D eigenvalue weighted by molar-refractivity contribution is -0.137. The fourth-order valence-corrected chi connectivity index (χ4v) is 2.42. The van der Waals surface area contributed by atoms with Gasteiger partial charge in [-0.1, -0.05) is 36.8 Å². The summed E-state index contributed by atoms with van der Waals surface area (Å²) >= 11 is 0. The van der Waals surface area contributed by atoms with Crippen molar-refractivity contribution in [2.75, 3.05) is 0 Å². The molecule has 0 aromatic heterocycles. The van der Waals surface area contributed by atoms with Crippen LogP contribution in [-0.2, 0) is 10.2 Å². The molecule has 0 amide bonds. The van der Waals surface area contributed by atoms with Gasteiger partial charge in [0.2, 0.25) is 0 Å². The standard InChI is InChI=1S/C13H16O2/c14-12(15)7-10-13(8-4-9-13)11-5-2-1-3-6-11/h1-3,5-6H,4,7-10H2,(H,14,15). The minimum Gasteiger partial charge on any atom is -0.481 e. The van der Waals surface area contributed by atoms with E-state index < -0.39 is 5.97 Å². The molecular formula is C13H16O2. The molecule has 2 nitrogen and oxygen atoms in total. The van der Waals surface area contributed by atoms with Crippen LogP contribution in [0.1, 0.15) is 37.7 Å². The van der Waals surface area contributed by atoms with E-state index in [1.165, 1.54) is 12.0 Å². The molecule has 0 bridgehead atoms. The van der Waals surface area contributed by atoms with Crippen molar-refractivity contribution < 1.29 is 9.90 Å². The van der Waals surface area contributed by atoms with Crippen LogP contribution < -0.4 is 0 Å². The number of benzene rings is 1. The van der Waals surface area contributed by atoms with Gasteiger partial charge in [0.25, 0.3) is 0 Å². The zero-order valence-corrected chi connectivity index (χ0v) is 8.78. The monoisotopic (exact) mass is 204 g/mol. The molecule has 1 saturated carbocycles. The molecule has 2 rings (SSSR count). The molecular weight excluding hydrogens is 188 g/mol. The zero-order valence-electron chi connectivity index (χ0n) is 8.78. The number of carboxylic acids is 1. The van der Waals surface area contributed by atoms with Gasteiger partial charge in [-0.25, -0.2) is 0 Å². The maximum Gasteiger partial charge on any atom is 0.303 e. The van der Waals surface area contributed by atoms with Gasteiger partial charge in [-0.15, -0.1) is 0 Å². The molecule has 0 saturated heterocycles. The van der Waals surface area contributed by atoms with Crippen molar-refractivity contribution in [1.29, 1.82) is 0 Å². The quantitative estimate of drug-likeness (QED) is 0.818. The molecule has 0 spiro atoms. The Morgan fingerprint density at radius 2 is 1.93 bits per heavy atom. The third kappa shape index (κ3) is 2.04. The fraction of sp³-hybridized carbons (Fsp3) is 0.462. The van der Waals surface area contributed by atoms with E-state index in [0.29, 0.717) is 0 Å². The van der Waals surface area contributed by atoms with Gasteiger partial charge in [0.15, 0.2) is 0 Å². The van der Waals surface area contributed by atoms with Crippen LogP contribution in [0.3, 0.4) is 0 Å². The molecule has 1 N–H and O–H groups in total. The van der Waals surface area contributed by atoms with Crippen molar-refractivity contribution in [2.45, 2.75) is 37.5 Å². The van der Waals surface area contributed by atoms with Crippen molar-refractivity contribution in [3.05, 3.63) is 35.9 Å². The molecule has 0 unspecified atom stereocenters. The van der Waals surface area contributed by atoms with Crippen LogP contribution in [0.5, 0.6) is 0 Å². The molecule has 1 aromatic rings. The van der Waals surface area contributed by atoms with Crippen molar-refractivity contribution in [3.8, 4) is 0 Å². The lowest BCUT2D eigenvalue weighted by Gasteiger charge is -2.42. The molecule has 1 fully saturated rings. The van der Waals surface area contributed by atoms with E-state index >= 15 is 0 Å². The molecule has 0 atom stereocenters. The van der Waals surface area contributed by atoms with Gasteiger partial charge in [-0.3, -0.25) is 4.79 Å².